The molecule has 4 rings (SSSR count). The molecular formula is C17H16N4O3S. The summed E-state index contributed by atoms with van der Waals surface area (Å²) in [5.41, 5.74) is 0.649. The number of urea groups is 1. The lowest BCUT2D eigenvalue weighted by Crippen LogP contribution is -2.50. The van der Waals surface area contributed by atoms with Gasteiger partial charge in [0.2, 0.25) is 11.7 Å². The number of methoxy groups -OCH3 is 1. The van der Waals surface area contributed by atoms with E-state index in [0.29, 0.717) is 36.2 Å². The predicted molar refractivity (Wildman–Crippen MR) is 93.9 cm³/mol. The number of likely N-dealkylation sites (tertiary alicyclic amines) is 1. The Hall–Kier alpha value is -2.87. The number of hydrogen-bond donors (Lipinski definition) is 1. The van der Waals surface area contributed by atoms with Crippen molar-refractivity contribution < 1.29 is 14.1 Å². The summed E-state index contributed by atoms with van der Waals surface area (Å²) < 4.78 is 10.6. The van der Waals surface area contributed by atoms with Crippen LogP contribution in [0.2, 0.25) is 0 Å². The van der Waals surface area contributed by atoms with Crippen LogP contribution in [0.1, 0.15) is 11.8 Å². The summed E-state index contributed by atoms with van der Waals surface area (Å²) in [7, 11) is 1.57. The highest BCUT2D eigenvalue weighted by molar-refractivity contribution is 7.13. The summed E-state index contributed by atoms with van der Waals surface area (Å²) in [5.74, 6) is 1.88. The Morgan fingerprint density at radius 3 is 2.92 bits per heavy atom. The normalized spacial score (nSPS) is 14.2. The highest BCUT2D eigenvalue weighted by atomic mass is 32.1. The molecule has 0 aliphatic carbocycles. The number of anilines is 1. The van der Waals surface area contributed by atoms with Gasteiger partial charge in [0, 0.05) is 13.1 Å². The van der Waals surface area contributed by atoms with Gasteiger partial charge in [-0.15, -0.1) is 11.3 Å². The first kappa shape index (κ1) is 15.6. The van der Waals surface area contributed by atoms with Gasteiger partial charge in [0.1, 0.15) is 5.75 Å². The first-order valence-corrected chi connectivity index (χ1v) is 8.69. The van der Waals surface area contributed by atoms with Gasteiger partial charge in [0.15, 0.2) is 0 Å². The molecule has 1 aromatic carbocycles. The highest BCUT2D eigenvalue weighted by Crippen LogP contribution is 2.30. The molecule has 1 aliphatic heterocycles. The number of aromatic nitrogens is 2. The van der Waals surface area contributed by atoms with Crippen molar-refractivity contribution in [1.82, 2.24) is 15.0 Å². The van der Waals surface area contributed by atoms with E-state index in [-0.39, 0.29) is 11.9 Å². The van der Waals surface area contributed by atoms with Gasteiger partial charge in [0.25, 0.3) is 0 Å². The molecule has 2 aromatic heterocycles. The van der Waals surface area contributed by atoms with Gasteiger partial charge >= 0.3 is 6.03 Å². The second kappa shape index (κ2) is 6.56. The maximum Gasteiger partial charge on any atom is 0.321 e. The minimum atomic E-state index is -0.168. The van der Waals surface area contributed by atoms with Crippen LogP contribution < -0.4 is 10.1 Å². The lowest BCUT2D eigenvalue weighted by atomic mass is 10.0. The largest absolute Gasteiger partial charge is 0.495 e. The lowest BCUT2D eigenvalue weighted by molar-refractivity contribution is 0.147. The molecule has 0 spiro atoms. The van der Waals surface area contributed by atoms with E-state index >= 15 is 0 Å². The van der Waals surface area contributed by atoms with Crippen LogP contribution >= 0.6 is 11.3 Å². The Kier molecular flexibility index (Phi) is 4.10. The number of para-hydroxylation sites is 2. The SMILES string of the molecule is COc1ccccc1NC(=O)N1CC(c2nc(-c3cccs3)no2)C1. The van der Waals surface area contributed by atoms with Crippen LogP contribution in [0.4, 0.5) is 10.5 Å². The summed E-state index contributed by atoms with van der Waals surface area (Å²) in [6.07, 6.45) is 0. The second-order valence-corrected chi connectivity index (χ2v) is 6.61. The van der Waals surface area contributed by atoms with Crippen LogP contribution in [-0.2, 0) is 0 Å². The fraction of sp³-hybridized carbons (Fsp3) is 0.235. The highest BCUT2D eigenvalue weighted by Gasteiger charge is 2.36. The first-order valence-electron chi connectivity index (χ1n) is 7.81. The van der Waals surface area contributed by atoms with E-state index in [1.165, 1.54) is 0 Å². The Morgan fingerprint density at radius 2 is 2.16 bits per heavy atom. The number of thiophene rings is 1. The summed E-state index contributed by atoms with van der Waals surface area (Å²) in [5, 5.41) is 8.84. The van der Waals surface area contributed by atoms with Crippen LogP contribution in [0.3, 0.4) is 0 Å². The van der Waals surface area contributed by atoms with Crippen molar-refractivity contribution >= 4 is 23.1 Å². The number of nitrogens with one attached hydrogen (secondary N) is 1. The van der Waals surface area contributed by atoms with Crippen molar-refractivity contribution in [2.24, 2.45) is 0 Å². The molecule has 0 saturated carbocycles. The molecule has 1 fully saturated rings. The molecule has 3 heterocycles. The zero-order chi connectivity index (χ0) is 17.2. The van der Waals surface area contributed by atoms with Crippen molar-refractivity contribution in [2.75, 3.05) is 25.5 Å². The Labute approximate surface area is 148 Å². The number of carbonyl (C=O) groups is 1. The van der Waals surface area contributed by atoms with Crippen molar-refractivity contribution in [3.8, 4) is 16.5 Å². The van der Waals surface area contributed by atoms with E-state index in [1.54, 1.807) is 35.5 Å². The Morgan fingerprint density at radius 1 is 1.32 bits per heavy atom. The van der Waals surface area contributed by atoms with Crippen LogP contribution in [0.15, 0.2) is 46.3 Å². The van der Waals surface area contributed by atoms with Crippen molar-refractivity contribution in [3.05, 3.63) is 47.7 Å². The van der Waals surface area contributed by atoms with E-state index in [0.717, 1.165) is 4.88 Å². The van der Waals surface area contributed by atoms with E-state index in [4.69, 9.17) is 9.26 Å². The molecule has 0 bridgehead atoms. The molecule has 1 aliphatic rings. The fourth-order valence-electron chi connectivity index (χ4n) is 2.65. The van der Waals surface area contributed by atoms with Crippen LogP contribution in [0.25, 0.3) is 10.7 Å². The predicted octanol–water partition coefficient (Wildman–Crippen LogP) is 3.44. The van der Waals surface area contributed by atoms with E-state index in [2.05, 4.69) is 15.5 Å². The zero-order valence-electron chi connectivity index (χ0n) is 13.5. The summed E-state index contributed by atoms with van der Waals surface area (Å²) in [6.45, 7) is 1.10. The molecule has 1 saturated heterocycles. The first-order chi connectivity index (χ1) is 12.2. The molecule has 0 atom stereocenters. The molecule has 3 aromatic rings. The smallest absolute Gasteiger partial charge is 0.321 e. The second-order valence-electron chi connectivity index (χ2n) is 5.67. The van der Waals surface area contributed by atoms with Gasteiger partial charge in [-0.1, -0.05) is 23.4 Å². The minimum absolute atomic E-state index is 0.0737. The molecule has 8 heteroatoms. The standard InChI is InChI=1S/C17H16N4O3S/c1-23-13-6-3-2-5-12(13)18-17(22)21-9-11(10-21)16-19-15(20-24-16)14-7-4-8-25-14/h2-8,11H,9-10H2,1H3,(H,18,22). The molecule has 2 amide bonds. The van der Waals surface area contributed by atoms with E-state index < -0.39 is 0 Å². The van der Waals surface area contributed by atoms with Gasteiger partial charge in [0.05, 0.1) is 23.6 Å². The fourth-order valence-corrected chi connectivity index (χ4v) is 3.30. The zero-order valence-corrected chi connectivity index (χ0v) is 14.3. The summed E-state index contributed by atoms with van der Waals surface area (Å²) >= 11 is 1.57. The third-order valence-corrected chi connectivity index (χ3v) is 4.92. The lowest BCUT2D eigenvalue weighted by Gasteiger charge is -2.36. The third kappa shape index (κ3) is 3.08. The average molecular weight is 356 g/mol. The Balaban J connectivity index is 1.36. The molecule has 7 nitrogen and oxygen atoms in total. The number of hydrogen-bond acceptors (Lipinski definition) is 6. The Bertz CT molecular complexity index is 872. The number of nitrogens with zero attached hydrogens (tertiary/aromatic N) is 3. The number of ether oxygens (including phenoxy) is 1. The van der Waals surface area contributed by atoms with Crippen molar-refractivity contribution in [3.63, 3.8) is 0 Å². The molecule has 128 valence electrons. The van der Waals surface area contributed by atoms with Crippen LogP contribution in [0, 0.1) is 0 Å². The number of carbonyl (C=O) groups excluding carboxylic acids is 1. The number of amides is 2. The maximum absolute atomic E-state index is 12.3. The van der Waals surface area contributed by atoms with Crippen LogP contribution in [-0.4, -0.2) is 41.3 Å². The van der Waals surface area contributed by atoms with Crippen LogP contribution in [0.5, 0.6) is 5.75 Å². The van der Waals surface area contributed by atoms with E-state index in [1.807, 2.05) is 29.6 Å². The van der Waals surface area contributed by atoms with Crippen molar-refractivity contribution in [1.29, 1.82) is 0 Å². The number of rotatable bonds is 4. The third-order valence-electron chi connectivity index (χ3n) is 4.05. The minimum Gasteiger partial charge on any atom is -0.495 e. The maximum atomic E-state index is 12.3. The average Bonchev–Trinajstić information content (AvgIpc) is 3.25. The summed E-state index contributed by atoms with van der Waals surface area (Å²) in [4.78, 5) is 19.4. The van der Waals surface area contributed by atoms with Gasteiger partial charge in [-0.05, 0) is 23.6 Å². The van der Waals surface area contributed by atoms with E-state index in [9.17, 15) is 4.79 Å². The molecule has 0 unspecified atom stereocenters. The van der Waals surface area contributed by atoms with Gasteiger partial charge in [-0.2, -0.15) is 4.98 Å². The van der Waals surface area contributed by atoms with Gasteiger partial charge in [-0.25, -0.2) is 4.79 Å². The number of benzene rings is 1. The topological polar surface area (TPSA) is 80.5 Å². The summed E-state index contributed by atoms with van der Waals surface area (Å²) in [6, 6.07) is 11.0. The quantitative estimate of drug-likeness (QED) is 0.774. The van der Waals surface area contributed by atoms with Gasteiger partial charge < -0.3 is 19.5 Å². The molecule has 0 radical (unpaired) electrons. The van der Waals surface area contributed by atoms with Gasteiger partial charge in [-0.3, -0.25) is 0 Å². The molecular weight excluding hydrogens is 340 g/mol. The van der Waals surface area contributed by atoms with Crippen molar-refractivity contribution in [2.45, 2.75) is 5.92 Å². The monoisotopic (exact) mass is 356 g/mol. The molecule has 1 N–H and O–H groups in total. The molecule has 25 heavy (non-hydrogen) atoms.